The molecule has 120 valence electrons. The first kappa shape index (κ1) is 16.4. The summed E-state index contributed by atoms with van der Waals surface area (Å²) >= 11 is 0. The lowest BCUT2D eigenvalue weighted by atomic mass is 10.2. The maximum atomic E-state index is 13.0. The van der Waals surface area contributed by atoms with E-state index in [9.17, 15) is 18.4 Å². The van der Waals surface area contributed by atoms with Crippen molar-refractivity contribution in [3.63, 3.8) is 0 Å². The van der Waals surface area contributed by atoms with Crippen LogP contribution in [-0.4, -0.2) is 18.5 Å². The summed E-state index contributed by atoms with van der Waals surface area (Å²) in [6.45, 7) is 0.0388. The molecule has 2 aromatic rings. The molecule has 0 heterocycles. The Morgan fingerprint density at radius 3 is 2.35 bits per heavy atom. The number of hydrogen-bond acceptors (Lipinski definition) is 2. The molecule has 0 radical (unpaired) electrons. The Kier molecular flexibility index (Phi) is 5.62. The van der Waals surface area contributed by atoms with Crippen molar-refractivity contribution in [1.82, 2.24) is 10.6 Å². The maximum absolute atomic E-state index is 13.0. The van der Waals surface area contributed by atoms with Crippen LogP contribution in [0.2, 0.25) is 0 Å². The molecule has 0 atom stereocenters. The van der Waals surface area contributed by atoms with Crippen molar-refractivity contribution < 1.29 is 18.4 Å². The highest BCUT2D eigenvalue weighted by molar-refractivity contribution is 5.94. The van der Waals surface area contributed by atoms with Crippen molar-refractivity contribution in [3.8, 4) is 0 Å². The van der Waals surface area contributed by atoms with Crippen molar-refractivity contribution in [3.05, 3.63) is 65.7 Å². The second-order valence-electron chi connectivity index (χ2n) is 4.70. The number of anilines is 1. The lowest BCUT2D eigenvalue weighted by molar-refractivity contribution is -0.115. The Bertz CT molecular complexity index is 693. The van der Waals surface area contributed by atoms with E-state index in [1.54, 1.807) is 0 Å². The Morgan fingerprint density at radius 2 is 1.65 bits per heavy atom. The molecule has 0 aromatic heterocycles. The molecule has 0 saturated heterocycles. The van der Waals surface area contributed by atoms with Crippen LogP contribution < -0.4 is 16.0 Å². The molecule has 23 heavy (non-hydrogen) atoms. The van der Waals surface area contributed by atoms with Gasteiger partial charge in [0, 0.05) is 18.3 Å². The van der Waals surface area contributed by atoms with Crippen molar-refractivity contribution in [2.24, 2.45) is 0 Å². The van der Waals surface area contributed by atoms with Gasteiger partial charge in [-0.2, -0.15) is 0 Å². The average Bonchev–Trinajstić information content (AvgIpc) is 2.55. The van der Waals surface area contributed by atoms with E-state index in [0.29, 0.717) is 6.54 Å². The van der Waals surface area contributed by atoms with Gasteiger partial charge in [-0.3, -0.25) is 4.79 Å². The lowest BCUT2D eigenvalue weighted by Gasteiger charge is -2.08. The van der Waals surface area contributed by atoms with Crippen LogP contribution in [0.4, 0.5) is 19.3 Å². The van der Waals surface area contributed by atoms with Crippen LogP contribution >= 0.6 is 0 Å². The quantitative estimate of drug-likeness (QED) is 0.792. The number of carbonyl (C=O) groups excluding carboxylic acids is 2. The van der Waals surface area contributed by atoms with E-state index >= 15 is 0 Å². The summed E-state index contributed by atoms with van der Waals surface area (Å²) in [5, 5.41) is 7.32. The summed E-state index contributed by atoms with van der Waals surface area (Å²) < 4.78 is 25.8. The van der Waals surface area contributed by atoms with Gasteiger partial charge in [0.15, 0.2) is 11.6 Å². The molecule has 0 unspecified atom stereocenters. The number of benzene rings is 2. The van der Waals surface area contributed by atoms with E-state index in [0.717, 1.165) is 17.7 Å². The summed E-state index contributed by atoms with van der Waals surface area (Å²) in [7, 11) is 0. The standard InChI is InChI=1S/C16H15F2N3O2/c17-13-7-6-12(8-14(13)18)21-15(22)10-20-16(23)19-9-11-4-2-1-3-5-11/h1-8H,9-10H2,(H,21,22)(H2,19,20,23). The molecule has 0 aliphatic carbocycles. The third-order valence-electron chi connectivity index (χ3n) is 2.91. The first-order valence-corrected chi connectivity index (χ1v) is 6.85. The zero-order valence-corrected chi connectivity index (χ0v) is 12.1. The van der Waals surface area contributed by atoms with Crippen LogP contribution in [0.25, 0.3) is 0 Å². The summed E-state index contributed by atoms with van der Waals surface area (Å²) in [5.74, 6) is -2.61. The van der Waals surface area contributed by atoms with Crippen LogP contribution in [0.15, 0.2) is 48.5 Å². The predicted molar refractivity (Wildman–Crippen MR) is 81.7 cm³/mol. The minimum absolute atomic E-state index is 0.111. The first-order valence-electron chi connectivity index (χ1n) is 6.85. The van der Waals surface area contributed by atoms with Crippen molar-refractivity contribution in [2.75, 3.05) is 11.9 Å². The Morgan fingerprint density at radius 1 is 0.913 bits per heavy atom. The van der Waals surface area contributed by atoms with Gasteiger partial charge >= 0.3 is 6.03 Å². The number of nitrogens with one attached hydrogen (secondary N) is 3. The van der Waals surface area contributed by atoms with Crippen molar-refractivity contribution in [1.29, 1.82) is 0 Å². The number of halogens is 2. The summed E-state index contributed by atoms with van der Waals surface area (Å²) in [6.07, 6.45) is 0. The smallest absolute Gasteiger partial charge is 0.315 e. The molecule has 0 spiro atoms. The number of carbonyl (C=O) groups is 2. The second-order valence-corrected chi connectivity index (χ2v) is 4.70. The Hall–Kier alpha value is -2.96. The molecule has 2 aromatic carbocycles. The van der Waals surface area contributed by atoms with Crippen LogP contribution in [0.5, 0.6) is 0 Å². The lowest BCUT2D eigenvalue weighted by Crippen LogP contribution is -2.39. The molecular weight excluding hydrogens is 304 g/mol. The van der Waals surface area contributed by atoms with E-state index in [-0.39, 0.29) is 12.2 Å². The number of amides is 3. The van der Waals surface area contributed by atoms with Crippen molar-refractivity contribution >= 4 is 17.6 Å². The van der Waals surface area contributed by atoms with E-state index in [2.05, 4.69) is 16.0 Å². The number of urea groups is 1. The van der Waals surface area contributed by atoms with Gasteiger partial charge in [-0.15, -0.1) is 0 Å². The second kappa shape index (κ2) is 7.88. The van der Waals surface area contributed by atoms with Gasteiger partial charge in [0.2, 0.25) is 5.91 Å². The van der Waals surface area contributed by atoms with Gasteiger partial charge in [0.05, 0.1) is 6.54 Å². The van der Waals surface area contributed by atoms with Gasteiger partial charge in [0.25, 0.3) is 0 Å². The van der Waals surface area contributed by atoms with Gasteiger partial charge < -0.3 is 16.0 Å². The Labute approximate surface area is 131 Å². The normalized spacial score (nSPS) is 10.0. The highest BCUT2D eigenvalue weighted by Gasteiger charge is 2.08. The molecule has 0 saturated carbocycles. The molecule has 0 bridgehead atoms. The van der Waals surface area contributed by atoms with Crippen molar-refractivity contribution in [2.45, 2.75) is 6.54 Å². The predicted octanol–water partition coefficient (Wildman–Crippen LogP) is 2.40. The topological polar surface area (TPSA) is 70.2 Å². The summed E-state index contributed by atoms with van der Waals surface area (Å²) in [6, 6.07) is 11.8. The monoisotopic (exact) mass is 319 g/mol. The maximum Gasteiger partial charge on any atom is 0.315 e. The largest absolute Gasteiger partial charge is 0.334 e. The molecule has 0 aliphatic rings. The van der Waals surface area contributed by atoms with Gasteiger partial charge in [-0.25, -0.2) is 13.6 Å². The van der Waals surface area contributed by atoms with Gasteiger partial charge in [-0.05, 0) is 17.7 Å². The highest BCUT2D eigenvalue weighted by Crippen LogP contribution is 2.12. The fraction of sp³-hybridized carbons (Fsp3) is 0.125. The van der Waals surface area contributed by atoms with Gasteiger partial charge in [-0.1, -0.05) is 30.3 Å². The van der Waals surface area contributed by atoms with Crippen LogP contribution in [0.3, 0.4) is 0 Å². The molecule has 3 amide bonds. The minimum Gasteiger partial charge on any atom is -0.334 e. The molecule has 3 N–H and O–H groups in total. The van der Waals surface area contributed by atoms with E-state index in [1.165, 1.54) is 6.07 Å². The zero-order chi connectivity index (χ0) is 16.7. The number of rotatable bonds is 5. The van der Waals surface area contributed by atoms with Gasteiger partial charge in [0.1, 0.15) is 0 Å². The van der Waals surface area contributed by atoms with Crippen LogP contribution in [0, 0.1) is 11.6 Å². The van der Waals surface area contributed by atoms with Crippen LogP contribution in [-0.2, 0) is 11.3 Å². The highest BCUT2D eigenvalue weighted by atomic mass is 19.2. The fourth-order valence-electron chi connectivity index (χ4n) is 1.78. The zero-order valence-electron chi connectivity index (χ0n) is 12.1. The summed E-state index contributed by atoms with van der Waals surface area (Å²) in [5.41, 5.74) is 1.04. The SMILES string of the molecule is O=C(CNC(=O)NCc1ccccc1)Nc1ccc(F)c(F)c1. The molecule has 2 rings (SSSR count). The van der Waals surface area contributed by atoms with E-state index in [1.807, 2.05) is 30.3 Å². The first-order chi connectivity index (χ1) is 11.0. The minimum atomic E-state index is -1.06. The molecule has 0 aliphatic heterocycles. The molecule has 7 heteroatoms. The molecule has 0 fully saturated rings. The van der Waals surface area contributed by atoms with Crippen LogP contribution in [0.1, 0.15) is 5.56 Å². The Balaban J connectivity index is 1.73. The van der Waals surface area contributed by atoms with E-state index < -0.39 is 23.6 Å². The fourth-order valence-corrected chi connectivity index (χ4v) is 1.78. The average molecular weight is 319 g/mol. The molecule has 5 nitrogen and oxygen atoms in total. The third kappa shape index (κ3) is 5.39. The summed E-state index contributed by atoms with van der Waals surface area (Å²) in [4.78, 5) is 23.2. The van der Waals surface area contributed by atoms with E-state index in [4.69, 9.17) is 0 Å². The third-order valence-corrected chi connectivity index (χ3v) is 2.91. The molecular formula is C16H15F2N3O2. The number of hydrogen-bond donors (Lipinski definition) is 3.